The number of nitrogens with zero attached hydrogens (tertiary/aromatic N) is 2. The smallest absolute Gasteiger partial charge is 0.410 e. The molecule has 0 radical (unpaired) electrons. The van der Waals surface area contributed by atoms with E-state index >= 15 is 0 Å². The maximum absolute atomic E-state index is 13.7. The highest BCUT2D eigenvalue weighted by Crippen LogP contribution is 2.27. The predicted molar refractivity (Wildman–Crippen MR) is 142 cm³/mol. The van der Waals surface area contributed by atoms with Gasteiger partial charge in [-0.05, 0) is 74.4 Å². The van der Waals surface area contributed by atoms with Gasteiger partial charge in [-0.15, -0.1) is 0 Å². The number of piperazine rings is 1. The minimum Gasteiger partial charge on any atom is -0.508 e. The lowest BCUT2D eigenvalue weighted by Gasteiger charge is -2.35. The molecule has 2 N–H and O–H groups in total. The zero-order chi connectivity index (χ0) is 27.4. The van der Waals surface area contributed by atoms with E-state index < -0.39 is 23.4 Å². The van der Waals surface area contributed by atoms with Crippen LogP contribution in [0.4, 0.5) is 14.9 Å². The molecule has 198 valence electrons. The van der Waals surface area contributed by atoms with E-state index in [1.165, 1.54) is 24.3 Å². The SMILES string of the molecule is CC(C)(C)OC(=O)N1CCN(C(=O)c2ccc(-c3cccc(O)c3)cc2C(=O)Nc2cccc(F)c2)CC1. The summed E-state index contributed by atoms with van der Waals surface area (Å²) in [5.74, 6) is -1.37. The molecule has 1 fully saturated rings. The van der Waals surface area contributed by atoms with Crippen molar-refractivity contribution >= 4 is 23.6 Å². The number of carbonyl (C=O) groups is 3. The number of hydrogen-bond donors (Lipinski definition) is 2. The van der Waals surface area contributed by atoms with Gasteiger partial charge in [0.2, 0.25) is 0 Å². The monoisotopic (exact) mass is 519 g/mol. The van der Waals surface area contributed by atoms with Crippen molar-refractivity contribution in [1.29, 1.82) is 0 Å². The highest BCUT2D eigenvalue weighted by Gasteiger charge is 2.30. The number of aromatic hydroxyl groups is 1. The van der Waals surface area contributed by atoms with Gasteiger partial charge < -0.3 is 25.0 Å². The Labute approximate surface area is 220 Å². The van der Waals surface area contributed by atoms with Gasteiger partial charge in [-0.2, -0.15) is 0 Å². The van der Waals surface area contributed by atoms with Gasteiger partial charge >= 0.3 is 6.09 Å². The summed E-state index contributed by atoms with van der Waals surface area (Å²) in [5.41, 5.74) is 1.20. The van der Waals surface area contributed by atoms with E-state index in [4.69, 9.17) is 4.74 Å². The zero-order valence-electron chi connectivity index (χ0n) is 21.5. The van der Waals surface area contributed by atoms with Crippen molar-refractivity contribution in [1.82, 2.24) is 9.80 Å². The van der Waals surface area contributed by atoms with Crippen LogP contribution in [-0.4, -0.2) is 64.6 Å². The first-order valence-corrected chi connectivity index (χ1v) is 12.3. The molecule has 9 heteroatoms. The maximum atomic E-state index is 13.7. The minimum atomic E-state index is -0.620. The maximum Gasteiger partial charge on any atom is 0.410 e. The van der Waals surface area contributed by atoms with Gasteiger partial charge in [-0.25, -0.2) is 9.18 Å². The second-order valence-corrected chi connectivity index (χ2v) is 10.0. The van der Waals surface area contributed by atoms with Crippen LogP contribution in [0.25, 0.3) is 11.1 Å². The molecule has 0 aliphatic carbocycles. The van der Waals surface area contributed by atoms with Crippen LogP contribution in [0.3, 0.4) is 0 Å². The van der Waals surface area contributed by atoms with Gasteiger partial charge in [0.05, 0.1) is 11.1 Å². The summed E-state index contributed by atoms with van der Waals surface area (Å²) in [5, 5.41) is 12.6. The number of phenols is 1. The van der Waals surface area contributed by atoms with Crippen molar-refractivity contribution in [2.45, 2.75) is 26.4 Å². The van der Waals surface area contributed by atoms with Crippen LogP contribution in [-0.2, 0) is 4.74 Å². The Bertz CT molecular complexity index is 1360. The van der Waals surface area contributed by atoms with Crippen LogP contribution in [0.5, 0.6) is 5.75 Å². The zero-order valence-corrected chi connectivity index (χ0v) is 21.5. The molecule has 4 rings (SSSR count). The number of rotatable bonds is 4. The Morgan fingerprint density at radius 2 is 1.50 bits per heavy atom. The molecule has 0 spiro atoms. The number of amides is 3. The fourth-order valence-corrected chi connectivity index (χ4v) is 4.14. The highest BCUT2D eigenvalue weighted by atomic mass is 19.1. The minimum absolute atomic E-state index is 0.0660. The van der Waals surface area contributed by atoms with Crippen LogP contribution in [0.15, 0.2) is 66.7 Å². The molecule has 38 heavy (non-hydrogen) atoms. The number of benzene rings is 3. The third kappa shape index (κ3) is 6.47. The molecule has 0 saturated carbocycles. The van der Waals surface area contributed by atoms with E-state index in [1.807, 2.05) is 0 Å². The number of carbonyl (C=O) groups excluding carboxylic acids is 3. The average molecular weight is 520 g/mol. The Balaban J connectivity index is 1.60. The van der Waals surface area contributed by atoms with Crippen LogP contribution in [0.2, 0.25) is 0 Å². The Morgan fingerprint density at radius 1 is 0.842 bits per heavy atom. The molecular formula is C29H30FN3O5. The quantitative estimate of drug-likeness (QED) is 0.497. The summed E-state index contributed by atoms with van der Waals surface area (Å²) >= 11 is 0. The van der Waals surface area contributed by atoms with E-state index in [1.54, 1.807) is 73.0 Å². The third-order valence-electron chi connectivity index (χ3n) is 5.98. The van der Waals surface area contributed by atoms with Crippen molar-refractivity contribution in [3.8, 4) is 16.9 Å². The van der Waals surface area contributed by atoms with Crippen LogP contribution >= 0.6 is 0 Å². The van der Waals surface area contributed by atoms with E-state index in [0.29, 0.717) is 24.2 Å². The number of anilines is 1. The van der Waals surface area contributed by atoms with Crippen molar-refractivity contribution in [2.75, 3.05) is 31.5 Å². The first-order chi connectivity index (χ1) is 18.0. The summed E-state index contributed by atoms with van der Waals surface area (Å²) in [6, 6.07) is 16.9. The second-order valence-electron chi connectivity index (χ2n) is 10.0. The van der Waals surface area contributed by atoms with Gasteiger partial charge in [-0.1, -0.05) is 24.3 Å². The Hall–Kier alpha value is -4.40. The Kier molecular flexibility index (Phi) is 7.66. The molecule has 3 amide bonds. The first-order valence-electron chi connectivity index (χ1n) is 12.3. The number of nitrogens with one attached hydrogen (secondary N) is 1. The largest absolute Gasteiger partial charge is 0.508 e. The van der Waals surface area contributed by atoms with Crippen LogP contribution < -0.4 is 5.32 Å². The molecule has 3 aromatic rings. The lowest BCUT2D eigenvalue weighted by molar-refractivity contribution is 0.0141. The van der Waals surface area contributed by atoms with Crippen LogP contribution in [0.1, 0.15) is 41.5 Å². The molecule has 0 unspecified atom stereocenters. The summed E-state index contributed by atoms with van der Waals surface area (Å²) in [6.07, 6.45) is -0.435. The molecule has 1 aliphatic heterocycles. The summed E-state index contributed by atoms with van der Waals surface area (Å²) in [4.78, 5) is 42.4. The van der Waals surface area contributed by atoms with Crippen molar-refractivity contribution in [3.63, 3.8) is 0 Å². The summed E-state index contributed by atoms with van der Waals surface area (Å²) in [7, 11) is 0. The highest BCUT2D eigenvalue weighted by molar-refractivity contribution is 6.12. The van der Waals surface area contributed by atoms with Gasteiger partial charge in [0.1, 0.15) is 17.2 Å². The summed E-state index contributed by atoms with van der Waals surface area (Å²) in [6.45, 7) is 6.53. The third-order valence-corrected chi connectivity index (χ3v) is 5.98. The fourth-order valence-electron chi connectivity index (χ4n) is 4.14. The van der Waals surface area contributed by atoms with Crippen molar-refractivity contribution in [2.24, 2.45) is 0 Å². The molecule has 0 aromatic heterocycles. The standard InChI is InChI=1S/C29H30FN3O5/c1-29(2,3)38-28(37)33-14-12-32(13-15-33)27(36)24-11-10-20(19-6-4-9-23(34)16-19)17-25(24)26(35)31-22-8-5-7-21(30)18-22/h4-11,16-18,34H,12-15H2,1-3H3,(H,31,35). The van der Waals surface area contributed by atoms with Gasteiger partial charge in [0.25, 0.3) is 11.8 Å². The van der Waals surface area contributed by atoms with E-state index in [9.17, 15) is 23.9 Å². The molecule has 1 heterocycles. The molecule has 1 aliphatic rings. The normalized spacial score (nSPS) is 13.7. The molecule has 8 nitrogen and oxygen atoms in total. The Morgan fingerprint density at radius 3 is 2.16 bits per heavy atom. The van der Waals surface area contributed by atoms with Gasteiger partial charge in [0, 0.05) is 31.9 Å². The van der Waals surface area contributed by atoms with Gasteiger partial charge in [0.15, 0.2) is 0 Å². The number of phenolic OH excluding ortho intramolecular Hbond substituents is 1. The molecule has 0 bridgehead atoms. The summed E-state index contributed by atoms with van der Waals surface area (Å²) < 4.78 is 19.1. The average Bonchev–Trinajstić information content (AvgIpc) is 2.87. The number of ether oxygens (including phenoxy) is 1. The molecule has 0 atom stereocenters. The number of hydrogen-bond acceptors (Lipinski definition) is 5. The van der Waals surface area contributed by atoms with E-state index in [-0.39, 0.29) is 41.6 Å². The second kappa shape index (κ2) is 10.9. The van der Waals surface area contributed by atoms with Crippen molar-refractivity contribution in [3.05, 3.63) is 83.7 Å². The van der Waals surface area contributed by atoms with Crippen molar-refractivity contribution < 1.29 is 28.6 Å². The fraction of sp³-hybridized carbons (Fsp3) is 0.276. The van der Waals surface area contributed by atoms with E-state index in [2.05, 4.69) is 5.32 Å². The first kappa shape index (κ1) is 26.7. The topological polar surface area (TPSA) is 99.2 Å². The van der Waals surface area contributed by atoms with Gasteiger partial charge in [-0.3, -0.25) is 9.59 Å². The number of halogens is 1. The molecule has 1 saturated heterocycles. The lowest BCUT2D eigenvalue weighted by atomic mass is 9.97. The lowest BCUT2D eigenvalue weighted by Crippen LogP contribution is -2.51. The van der Waals surface area contributed by atoms with E-state index in [0.717, 1.165) is 0 Å². The molecule has 3 aromatic carbocycles. The predicted octanol–water partition coefficient (Wildman–Crippen LogP) is 5.14. The molecular weight excluding hydrogens is 489 g/mol. The van der Waals surface area contributed by atoms with Crippen LogP contribution in [0, 0.1) is 5.82 Å².